The first kappa shape index (κ1) is 27.5. The number of H-pyrrole nitrogens is 1. The Hall–Kier alpha value is -3.56. The van der Waals surface area contributed by atoms with Gasteiger partial charge in [-0.2, -0.15) is 4.31 Å². The molecule has 0 amide bonds. The zero-order chi connectivity index (χ0) is 27.3. The number of carbonyl (C=O) groups is 1. The summed E-state index contributed by atoms with van der Waals surface area (Å²) in [6.45, 7) is 7.46. The highest BCUT2D eigenvalue weighted by atomic mass is 32.2. The van der Waals surface area contributed by atoms with E-state index in [-0.39, 0.29) is 24.0 Å². The van der Waals surface area contributed by atoms with Gasteiger partial charge in [-0.15, -0.1) is 0 Å². The number of esters is 1. The minimum atomic E-state index is -3.90. The fourth-order valence-corrected chi connectivity index (χ4v) is 6.16. The second-order valence-electron chi connectivity index (χ2n) is 9.92. The van der Waals surface area contributed by atoms with E-state index in [0.29, 0.717) is 12.8 Å². The fraction of sp³-hybridized carbons (Fsp3) is 0.345. The summed E-state index contributed by atoms with van der Waals surface area (Å²) in [6, 6.07) is 17.7. The van der Waals surface area contributed by atoms with E-state index in [0.717, 1.165) is 33.7 Å². The second-order valence-corrected chi connectivity index (χ2v) is 11.8. The maximum absolute atomic E-state index is 14.0. The number of hydrogen-bond acceptors (Lipinski definition) is 6. The number of aromatic nitrogens is 3. The minimum absolute atomic E-state index is 0.00355. The Bertz CT molecular complexity index is 1480. The molecule has 0 aliphatic rings. The van der Waals surface area contributed by atoms with Gasteiger partial charge in [-0.1, -0.05) is 56.3 Å². The number of rotatable bonds is 11. The van der Waals surface area contributed by atoms with Crippen molar-refractivity contribution in [3.63, 3.8) is 0 Å². The van der Waals surface area contributed by atoms with Gasteiger partial charge in [0.25, 0.3) is 0 Å². The summed E-state index contributed by atoms with van der Waals surface area (Å²) in [5, 5.41) is 0. The summed E-state index contributed by atoms with van der Waals surface area (Å²) < 4.78 is 34.8. The average Bonchev–Trinajstić information content (AvgIpc) is 3.27. The van der Waals surface area contributed by atoms with Crippen molar-refractivity contribution in [1.29, 1.82) is 0 Å². The zero-order valence-electron chi connectivity index (χ0n) is 22.2. The van der Waals surface area contributed by atoms with Gasteiger partial charge in [0.15, 0.2) is 0 Å². The summed E-state index contributed by atoms with van der Waals surface area (Å²) in [6.07, 6.45) is 2.82. The van der Waals surface area contributed by atoms with Crippen LogP contribution in [-0.2, 0) is 32.5 Å². The van der Waals surface area contributed by atoms with Gasteiger partial charge < -0.3 is 9.72 Å². The van der Waals surface area contributed by atoms with Crippen molar-refractivity contribution in [3.8, 4) is 0 Å². The van der Waals surface area contributed by atoms with Gasteiger partial charge in [0, 0.05) is 26.1 Å². The van der Waals surface area contributed by atoms with Crippen molar-refractivity contribution in [2.75, 3.05) is 6.61 Å². The number of nitrogens with one attached hydrogen (secondary N) is 1. The van der Waals surface area contributed by atoms with Gasteiger partial charge in [-0.25, -0.2) is 13.4 Å². The van der Waals surface area contributed by atoms with E-state index in [1.54, 1.807) is 18.3 Å². The molecule has 9 heteroatoms. The monoisotopic (exact) mass is 534 g/mol. The number of imidazole rings is 1. The summed E-state index contributed by atoms with van der Waals surface area (Å²) in [4.78, 5) is 24.1. The lowest BCUT2D eigenvalue weighted by atomic mass is 10.0. The van der Waals surface area contributed by atoms with Crippen LogP contribution in [0.1, 0.15) is 49.8 Å². The highest BCUT2D eigenvalue weighted by Crippen LogP contribution is 2.26. The van der Waals surface area contributed by atoms with Crippen LogP contribution >= 0.6 is 0 Å². The number of ether oxygens (including phenoxy) is 1. The molecule has 0 unspecified atom stereocenters. The number of pyridine rings is 1. The van der Waals surface area contributed by atoms with E-state index >= 15 is 0 Å². The van der Waals surface area contributed by atoms with Gasteiger partial charge in [0.2, 0.25) is 10.0 Å². The predicted molar refractivity (Wildman–Crippen MR) is 147 cm³/mol. The quantitative estimate of drug-likeness (QED) is 0.271. The molecule has 8 nitrogen and oxygen atoms in total. The van der Waals surface area contributed by atoms with E-state index in [4.69, 9.17) is 4.74 Å². The van der Waals surface area contributed by atoms with Crippen LogP contribution in [0.15, 0.2) is 71.8 Å². The van der Waals surface area contributed by atoms with Crippen LogP contribution in [0.2, 0.25) is 0 Å². The Morgan fingerprint density at radius 3 is 2.39 bits per heavy atom. The summed E-state index contributed by atoms with van der Waals surface area (Å²) in [5.74, 6) is 0.585. The number of aromatic amines is 1. The van der Waals surface area contributed by atoms with Crippen molar-refractivity contribution in [2.45, 2.75) is 58.0 Å². The lowest BCUT2D eigenvalue weighted by Gasteiger charge is -2.32. The minimum Gasteiger partial charge on any atom is -0.464 e. The van der Waals surface area contributed by atoms with E-state index < -0.39 is 22.0 Å². The molecule has 38 heavy (non-hydrogen) atoms. The van der Waals surface area contributed by atoms with E-state index in [9.17, 15) is 13.2 Å². The number of fused-ring (bicyclic) bond motifs is 1. The van der Waals surface area contributed by atoms with Gasteiger partial charge in [0.1, 0.15) is 17.9 Å². The van der Waals surface area contributed by atoms with Crippen LogP contribution in [0.3, 0.4) is 0 Å². The largest absolute Gasteiger partial charge is 0.464 e. The van der Waals surface area contributed by atoms with E-state index in [1.165, 1.54) is 11.2 Å². The lowest BCUT2D eigenvalue weighted by Crippen LogP contribution is -2.43. The molecule has 0 saturated carbocycles. The average molecular weight is 535 g/mol. The topological polar surface area (TPSA) is 105 Å². The number of sulfonamides is 1. The lowest BCUT2D eigenvalue weighted by molar-refractivity contribution is -0.142. The molecule has 0 bridgehead atoms. The number of carbonyl (C=O) groups excluding carboxylic acids is 1. The van der Waals surface area contributed by atoms with Crippen LogP contribution < -0.4 is 0 Å². The molecular formula is C29H34N4O4S. The maximum atomic E-state index is 14.0. The molecule has 0 aliphatic carbocycles. The summed E-state index contributed by atoms with van der Waals surface area (Å²) >= 11 is 0. The second kappa shape index (κ2) is 11.9. The molecule has 2 aromatic heterocycles. The molecule has 2 aromatic carbocycles. The molecule has 4 rings (SSSR count). The third-order valence-corrected chi connectivity index (χ3v) is 8.22. The zero-order valence-corrected chi connectivity index (χ0v) is 23.0. The molecule has 0 fully saturated rings. The molecule has 2 heterocycles. The van der Waals surface area contributed by atoms with Crippen LogP contribution in [0, 0.1) is 12.8 Å². The predicted octanol–water partition coefficient (Wildman–Crippen LogP) is 5.03. The van der Waals surface area contributed by atoms with Gasteiger partial charge in [0.05, 0.1) is 22.1 Å². The van der Waals surface area contributed by atoms with Crippen molar-refractivity contribution in [2.24, 2.45) is 5.92 Å². The van der Waals surface area contributed by atoms with Crippen LogP contribution in [-0.4, -0.2) is 46.3 Å². The first-order valence-corrected chi connectivity index (χ1v) is 14.2. The first-order chi connectivity index (χ1) is 18.1. The maximum Gasteiger partial charge on any atom is 0.302 e. The van der Waals surface area contributed by atoms with E-state index in [1.807, 2.05) is 69.3 Å². The van der Waals surface area contributed by atoms with Crippen molar-refractivity contribution >= 4 is 27.0 Å². The smallest absolute Gasteiger partial charge is 0.302 e. The van der Waals surface area contributed by atoms with Gasteiger partial charge >= 0.3 is 5.97 Å². The Balaban J connectivity index is 1.64. The normalized spacial score (nSPS) is 12.8. The first-order valence-electron chi connectivity index (χ1n) is 12.7. The van der Waals surface area contributed by atoms with Crippen LogP contribution in [0.5, 0.6) is 0 Å². The third-order valence-electron chi connectivity index (χ3n) is 6.31. The molecule has 200 valence electrons. The van der Waals surface area contributed by atoms with Gasteiger partial charge in [-0.05, 0) is 48.6 Å². The van der Waals surface area contributed by atoms with Crippen molar-refractivity contribution < 1.29 is 17.9 Å². The Kier molecular flexibility index (Phi) is 8.58. The third kappa shape index (κ3) is 6.65. The van der Waals surface area contributed by atoms with Crippen molar-refractivity contribution in [1.82, 2.24) is 19.3 Å². The molecule has 4 aromatic rings. The molecular weight excluding hydrogens is 500 g/mol. The molecule has 0 aliphatic heterocycles. The standard InChI is InChI=1S/C29H34N4O4S/c1-20(2)16-25(19-37-22(4)34)33(18-24-8-6-5-7-9-24)38(35,36)26-12-10-23(11-13-26)17-28-29-27(14-15-30-28)31-21(3)32-29/h5-15,20,25H,16-19H2,1-4H3,(H,31,32)/t25-/m0/s1. The summed E-state index contributed by atoms with van der Waals surface area (Å²) in [7, 11) is -3.90. The molecule has 0 saturated heterocycles. The number of benzene rings is 2. The molecule has 1 atom stereocenters. The summed E-state index contributed by atoms with van der Waals surface area (Å²) in [5.41, 5.74) is 4.35. The SMILES string of the molecule is CC(=O)OC[C@H](CC(C)C)N(Cc1ccccc1)S(=O)(=O)c1ccc(Cc2nccc3[nH]c(C)nc23)cc1. The highest BCUT2D eigenvalue weighted by Gasteiger charge is 2.33. The van der Waals surface area contributed by atoms with Crippen molar-refractivity contribution in [3.05, 3.63) is 89.5 Å². The Morgan fingerprint density at radius 1 is 1.03 bits per heavy atom. The number of aryl methyl sites for hydroxylation is 1. The molecule has 0 radical (unpaired) electrons. The Labute approximate surface area is 224 Å². The highest BCUT2D eigenvalue weighted by molar-refractivity contribution is 7.89. The van der Waals surface area contributed by atoms with E-state index in [2.05, 4.69) is 15.0 Å². The number of hydrogen-bond donors (Lipinski definition) is 1. The van der Waals surface area contributed by atoms with Gasteiger partial charge in [-0.3, -0.25) is 9.78 Å². The molecule has 0 spiro atoms. The Morgan fingerprint density at radius 2 is 1.74 bits per heavy atom. The fourth-order valence-electron chi connectivity index (χ4n) is 4.55. The number of nitrogens with zero attached hydrogens (tertiary/aromatic N) is 3. The van der Waals surface area contributed by atoms with Crippen LogP contribution in [0.25, 0.3) is 11.0 Å². The van der Waals surface area contributed by atoms with Crippen LogP contribution in [0.4, 0.5) is 0 Å². The molecule has 1 N–H and O–H groups in total.